The van der Waals surface area contributed by atoms with Gasteiger partial charge < -0.3 is 14.6 Å². The molecule has 5 rings (SSSR count). The van der Waals surface area contributed by atoms with Crippen molar-refractivity contribution in [3.8, 4) is 5.75 Å². The van der Waals surface area contributed by atoms with E-state index in [0.29, 0.717) is 12.6 Å². The molecule has 1 N–H and O–H groups in total. The molecule has 146 valence electrons. The SMILES string of the molecule is Fc1ccc(OCCCN2CCN3Cc4[nH]c5ccccc5c4CC3C2)cc1. The highest BCUT2D eigenvalue weighted by Crippen LogP contribution is 2.31. The largest absolute Gasteiger partial charge is 0.494 e. The lowest BCUT2D eigenvalue weighted by Crippen LogP contribution is -2.55. The summed E-state index contributed by atoms with van der Waals surface area (Å²) in [5.41, 5.74) is 4.18. The fraction of sp³-hybridized carbons (Fsp3) is 0.391. The fourth-order valence-electron chi connectivity index (χ4n) is 4.63. The molecule has 4 nitrogen and oxygen atoms in total. The predicted molar refractivity (Wildman–Crippen MR) is 109 cm³/mol. The van der Waals surface area contributed by atoms with Crippen molar-refractivity contribution in [3.63, 3.8) is 0 Å². The zero-order chi connectivity index (χ0) is 18.9. The summed E-state index contributed by atoms with van der Waals surface area (Å²) >= 11 is 0. The maximum absolute atomic E-state index is 12.9. The van der Waals surface area contributed by atoms with Gasteiger partial charge in [0.25, 0.3) is 0 Å². The molecule has 0 radical (unpaired) electrons. The summed E-state index contributed by atoms with van der Waals surface area (Å²) in [5.74, 6) is 0.515. The summed E-state index contributed by atoms with van der Waals surface area (Å²) in [7, 11) is 0. The highest BCUT2D eigenvalue weighted by Gasteiger charge is 2.32. The highest BCUT2D eigenvalue weighted by molar-refractivity contribution is 5.84. The van der Waals surface area contributed by atoms with Crippen LogP contribution in [0.4, 0.5) is 4.39 Å². The number of H-pyrrole nitrogens is 1. The molecule has 0 amide bonds. The molecule has 3 aromatic rings. The number of ether oxygens (including phenoxy) is 1. The molecule has 2 aromatic carbocycles. The lowest BCUT2D eigenvalue weighted by Gasteiger charge is -2.44. The van der Waals surface area contributed by atoms with E-state index in [9.17, 15) is 4.39 Å². The molecule has 0 spiro atoms. The van der Waals surface area contributed by atoms with Crippen LogP contribution in [-0.2, 0) is 13.0 Å². The van der Waals surface area contributed by atoms with Crippen LogP contribution in [0.25, 0.3) is 10.9 Å². The molecule has 2 aliphatic rings. The summed E-state index contributed by atoms with van der Waals surface area (Å²) in [6.45, 7) is 6.11. The van der Waals surface area contributed by atoms with Crippen LogP contribution >= 0.6 is 0 Å². The zero-order valence-electron chi connectivity index (χ0n) is 16.0. The number of aromatic nitrogens is 1. The first-order valence-corrected chi connectivity index (χ1v) is 10.2. The third kappa shape index (κ3) is 3.52. The van der Waals surface area contributed by atoms with Gasteiger partial charge in [0.2, 0.25) is 0 Å². The Balaban J connectivity index is 1.16. The topological polar surface area (TPSA) is 31.5 Å². The summed E-state index contributed by atoms with van der Waals surface area (Å²) in [4.78, 5) is 8.82. The minimum atomic E-state index is -0.226. The molecule has 0 bridgehead atoms. The Morgan fingerprint density at radius 1 is 1.07 bits per heavy atom. The summed E-state index contributed by atoms with van der Waals surface area (Å²) < 4.78 is 18.7. The number of nitrogens with one attached hydrogen (secondary N) is 1. The number of piperazine rings is 1. The highest BCUT2D eigenvalue weighted by atomic mass is 19.1. The predicted octanol–water partition coefficient (Wildman–Crippen LogP) is 3.82. The van der Waals surface area contributed by atoms with E-state index in [1.54, 1.807) is 12.1 Å². The van der Waals surface area contributed by atoms with E-state index in [-0.39, 0.29) is 5.82 Å². The van der Waals surface area contributed by atoms with Crippen LogP contribution in [0.3, 0.4) is 0 Å². The molecule has 0 aliphatic carbocycles. The maximum atomic E-state index is 12.9. The lowest BCUT2D eigenvalue weighted by atomic mass is 9.95. The van der Waals surface area contributed by atoms with Crippen molar-refractivity contribution in [3.05, 3.63) is 65.6 Å². The molecule has 3 heterocycles. The Morgan fingerprint density at radius 2 is 1.93 bits per heavy atom. The van der Waals surface area contributed by atoms with Crippen LogP contribution < -0.4 is 4.74 Å². The first-order chi connectivity index (χ1) is 13.8. The van der Waals surface area contributed by atoms with Crippen molar-refractivity contribution in [2.75, 3.05) is 32.8 Å². The van der Waals surface area contributed by atoms with Crippen LogP contribution in [0.1, 0.15) is 17.7 Å². The quantitative estimate of drug-likeness (QED) is 0.684. The standard InChI is InChI=1S/C23H26FN3O/c24-17-6-8-19(9-7-17)28-13-3-10-26-11-12-27-16-23-21(14-18(27)15-26)20-4-1-2-5-22(20)25-23/h1-2,4-9,18,25H,3,10-16H2. The number of para-hydroxylation sites is 1. The van der Waals surface area contributed by atoms with Crippen LogP contribution in [0.15, 0.2) is 48.5 Å². The number of rotatable bonds is 5. The maximum Gasteiger partial charge on any atom is 0.123 e. The number of hydrogen-bond acceptors (Lipinski definition) is 3. The van der Waals surface area contributed by atoms with Gasteiger partial charge in [0.1, 0.15) is 11.6 Å². The van der Waals surface area contributed by atoms with E-state index in [4.69, 9.17) is 4.74 Å². The Bertz CT molecular complexity index is 952. The molecule has 1 aromatic heterocycles. The van der Waals surface area contributed by atoms with Gasteiger partial charge in [0.15, 0.2) is 0 Å². The van der Waals surface area contributed by atoms with Crippen LogP contribution in [0.2, 0.25) is 0 Å². The Kier molecular flexibility index (Phi) is 4.79. The molecule has 28 heavy (non-hydrogen) atoms. The number of nitrogens with zero attached hydrogens (tertiary/aromatic N) is 2. The molecule has 1 atom stereocenters. The van der Waals surface area contributed by atoms with Gasteiger partial charge in [-0.3, -0.25) is 4.90 Å². The van der Waals surface area contributed by atoms with Gasteiger partial charge >= 0.3 is 0 Å². The van der Waals surface area contributed by atoms with E-state index >= 15 is 0 Å². The minimum absolute atomic E-state index is 0.226. The van der Waals surface area contributed by atoms with Gasteiger partial charge in [-0.05, 0) is 48.7 Å². The number of benzene rings is 2. The Labute approximate surface area is 164 Å². The number of aromatic amines is 1. The summed E-state index contributed by atoms with van der Waals surface area (Å²) in [6.07, 6.45) is 2.12. The first kappa shape index (κ1) is 17.7. The molecule has 1 unspecified atom stereocenters. The number of halogens is 1. The second-order valence-electron chi connectivity index (χ2n) is 7.91. The summed E-state index contributed by atoms with van der Waals surface area (Å²) in [5, 5.41) is 1.39. The van der Waals surface area contributed by atoms with Crippen LogP contribution in [0, 0.1) is 5.82 Å². The lowest BCUT2D eigenvalue weighted by molar-refractivity contribution is 0.0574. The van der Waals surface area contributed by atoms with Crippen molar-refractivity contribution in [2.24, 2.45) is 0 Å². The summed E-state index contributed by atoms with van der Waals surface area (Å²) in [6, 6.07) is 15.5. The van der Waals surface area contributed by atoms with Crippen molar-refractivity contribution in [1.29, 1.82) is 0 Å². The molecule has 5 heteroatoms. The monoisotopic (exact) mass is 379 g/mol. The average Bonchev–Trinajstić information content (AvgIpc) is 3.08. The molecule has 2 aliphatic heterocycles. The van der Waals surface area contributed by atoms with Crippen LogP contribution in [-0.4, -0.2) is 53.6 Å². The Hall–Kier alpha value is -2.37. The van der Waals surface area contributed by atoms with E-state index in [1.165, 1.54) is 34.3 Å². The van der Waals surface area contributed by atoms with E-state index in [2.05, 4.69) is 39.0 Å². The van der Waals surface area contributed by atoms with Gasteiger partial charge in [-0.15, -0.1) is 0 Å². The molecule has 0 saturated carbocycles. The first-order valence-electron chi connectivity index (χ1n) is 10.2. The van der Waals surface area contributed by atoms with Gasteiger partial charge in [-0.2, -0.15) is 0 Å². The Morgan fingerprint density at radius 3 is 2.82 bits per heavy atom. The van der Waals surface area contributed by atoms with Crippen molar-refractivity contribution in [2.45, 2.75) is 25.4 Å². The normalized spacial score (nSPS) is 20.1. The molecular weight excluding hydrogens is 353 g/mol. The van der Waals surface area contributed by atoms with E-state index in [1.807, 2.05) is 0 Å². The molecule has 1 saturated heterocycles. The van der Waals surface area contributed by atoms with E-state index < -0.39 is 0 Å². The fourth-order valence-corrected chi connectivity index (χ4v) is 4.63. The average molecular weight is 379 g/mol. The van der Waals surface area contributed by atoms with Crippen molar-refractivity contribution in [1.82, 2.24) is 14.8 Å². The third-order valence-corrected chi connectivity index (χ3v) is 6.09. The smallest absolute Gasteiger partial charge is 0.123 e. The van der Waals surface area contributed by atoms with E-state index in [0.717, 1.165) is 51.3 Å². The zero-order valence-corrected chi connectivity index (χ0v) is 16.0. The van der Waals surface area contributed by atoms with Gasteiger partial charge in [0.05, 0.1) is 6.61 Å². The van der Waals surface area contributed by atoms with Gasteiger partial charge in [-0.25, -0.2) is 4.39 Å². The number of fused-ring (bicyclic) bond motifs is 4. The second kappa shape index (κ2) is 7.57. The van der Waals surface area contributed by atoms with Gasteiger partial charge in [-0.1, -0.05) is 18.2 Å². The molecule has 1 fully saturated rings. The minimum Gasteiger partial charge on any atom is -0.494 e. The van der Waals surface area contributed by atoms with Crippen molar-refractivity contribution < 1.29 is 9.13 Å². The molecular formula is C23H26FN3O. The van der Waals surface area contributed by atoms with Crippen molar-refractivity contribution >= 4 is 10.9 Å². The number of hydrogen-bond donors (Lipinski definition) is 1. The van der Waals surface area contributed by atoms with Gasteiger partial charge in [0, 0.05) is 55.4 Å². The van der Waals surface area contributed by atoms with Crippen LogP contribution in [0.5, 0.6) is 5.75 Å². The third-order valence-electron chi connectivity index (χ3n) is 6.09. The second-order valence-corrected chi connectivity index (χ2v) is 7.91.